The van der Waals surface area contributed by atoms with Gasteiger partial charge in [-0.15, -0.1) is 22.7 Å². The lowest BCUT2D eigenvalue weighted by Gasteiger charge is -2.26. The number of amides is 2. The first-order chi connectivity index (χ1) is 28.3. The van der Waals surface area contributed by atoms with E-state index >= 15 is 0 Å². The van der Waals surface area contributed by atoms with Gasteiger partial charge >= 0.3 is 0 Å². The Kier molecular flexibility index (Phi) is 12.4. The topological polar surface area (TPSA) is 184 Å². The van der Waals surface area contributed by atoms with Gasteiger partial charge in [-0.25, -0.2) is 26.8 Å². The van der Waals surface area contributed by atoms with E-state index in [1.54, 1.807) is 35.0 Å². The lowest BCUT2D eigenvalue weighted by atomic mass is 10.1. The molecule has 1 atom stereocenters. The lowest BCUT2D eigenvalue weighted by molar-refractivity contribution is -0.117. The third-order valence-corrected chi connectivity index (χ3v) is 13.8. The molecule has 4 aromatic carbocycles. The van der Waals surface area contributed by atoms with Gasteiger partial charge in [0.15, 0.2) is 10.3 Å². The maximum Gasteiger partial charge on any atom is 0.263 e. The largest absolute Gasteiger partial charge is 0.359 e. The third-order valence-electron chi connectivity index (χ3n) is 9.47. The summed E-state index contributed by atoms with van der Waals surface area (Å²) in [6.07, 6.45) is 6.27. The number of carbonyl (C=O) groups is 2. The van der Waals surface area contributed by atoms with Crippen molar-refractivity contribution < 1.29 is 26.4 Å². The fraction of sp³-hybridized carbons (Fsp3) is 0.171. The van der Waals surface area contributed by atoms with E-state index in [4.69, 9.17) is 0 Å². The van der Waals surface area contributed by atoms with Gasteiger partial charge in [0.05, 0.1) is 9.79 Å². The molecule has 304 valence electrons. The molecular formula is C41H40N8O6S4. The number of sulfonamides is 2. The molecule has 0 fully saturated rings. The molecule has 1 aliphatic rings. The van der Waals surface area contributed by atoms with Crippen molar-refractivity contribution in [3.05, 3.63) is 138 Å². The van der Waals surface area contributed by atoms with Crippen LogP contribution in [0, 0.1) is 6.92 Å². The van der Waals surface area contributed by atoms with E-state index in [9.17, 15) is 26.4 Å². The Morgan fingerprint density at radius 2 is 1.36 bits per heavy atom. The molecule has 0 saturated carbocycles. The molecule has 7 aromatic rings. The number of aryl methyl sites for hydroxylation is 2. The average Bonchev–Trinajstić information content (AvgIpc) is 4.06. The summed E-state index contributed by atoms with van der Waals surface area (Å²) in [4.78, 5) is 35.2. The van der Waals surface area contributed by atoms with Crippen molar-refractivity contribution in [3.8, 4) is 0 Å². The van der Waals surface area contributed by atoms with Crippen LogP contribution >= 0.6 is 22.7 Å². The molecule has 0 bridgehead atoms. The molecule has 14 nitrogen and oxygen atoms in total. The van der Waals surface area contributed by atoms with Crippen molar-refractivity contribution in [2.45, 2.75) is 49.1 Å². The monoisotopic (exact) mass is 868 g/mol. The molecule has 0 saturated heterocycles. The maximum absolute atomic E-state index is 12.7. The van der Waals surface area contributed by atoms with Gasteiger partial charge in [-0.1, -0.05) is 30.3 Å². The first kappa shape index (κ1) is 41.1. The van der Waals surface area contributed by atoms with E-state index in [1.807, 2.05) is 44.3 Å². The van der Waals surface area contributed by atoms with Crippen LogP contribution in [-0.4, -0.2) is 55.8 Å². The minimum atomic E-state index is -3.71. The summed E-state index contributed by atoms with van der Waals surface area (Å²) in [7, 11) is -7.43. The van der Waals surface area contributed by atoms with E-state index in [0.29, 0.717) is 34.6 Å². The summed E-state index contributed by atoms with van der Waals surface area (Å²) in [6, 6.07) is 28.2. The van der Waals surface area contributed by atoms with Crippen molar-refractivity contribution in [2.75, 3.05) is 31.5 Å². The zero-order valence-electron chi connectivity index (χ0n) is 31.9. The molecule has 18 heteroatoms. The van der Waals surface area contributed by atoms with Crippen molar-refractivity contribution >= 4 is 92.8 Å². The minimum Gasteiger partial charge on any atom is -0.359 e. The first-order valence-electron chi connectivity index (χ1n) is 18.4. The first-order valence-corrected chi connectivity index (χ1v) is 23.1. The molecule has 0 aliphatic carbocycles. The summed E-state index contributed by atoms with van der Waals surface area (Å²) in [5, 5.41) is 10.8. The molecular weight excluding hydrogens is 829 g/mol. The number of aromatic nitrogens is 3. The number of anilines is 5. The Balaban J connectivity index is 0.000000179. The van der Waals surface area contributed by atoms with E-state index in [1.165, 1.54) is 70.5 Å². The summed E-state index contributed by atoms with van der Waals surface area (Å²) in [5.74, 6) is -0.278. The Labute approximate surface area is 350 Å². The Morgan fingerprint density at radius 1 is 0.763 bits per heavy atom. The molecule has 59 heavy (non-hydrogen) atoms. The van der Waals surface area contributed by atoms with Crippen LogP contribution in [0.25, 0.3) is 10.9 Å². The van der Waals surface area contributed by atoms with Gasteiger partial charge in [-0.2, -0.15) is 0 Å². The lowest BCUT2D eigenvalue weighted by Crippen LogP contribution is -2.41. The number of nitrogens with zero attached hydrogens (tertiary/aromatic N) is 4. The highest BCUT2D eigenvalue weighted by molar-refractivity contribution is 7.93. The SMILES string of the molecule is CC(C(=O)Nc1ccc(S(=O)(=O)Nc2nccs2)cc1)N1CCc2ccccc21.Cc1ccc2ccn(CCC(=O)Nc3ccc(S(=O)(=O)Nc4nccs4)cc3)c2c1. The average molecular weight is 869 g/mol. The van der Waals surface area contributed by atoms with Crippen molar-refractivity contribution in [2.24, 2.45) is 0 Å². The molecule has 4 heterocycles. The molecule has 3 aromatic heterocycles. The number of rotatable bonds is 13. The second-order valence-corrected chi connectivity index (χ2v) is 18.7. The number of hydrogen-bond acceptors (Lipinski definition) is 11. The van der Waals surface area contributed by atoms with Gasteiger partial charge < -0.3 is 20.1 Å². The number of fused-ring (bicyclic) bond motifs is 2. The number of hydrogen-bond donors (Lipinski definition) is 4. The standard InChI is InChI=1S/C21H20N4O3S2.C20H20N4O3S2/c1-15-2-3-16-8-11-25(19(16)14-15)12-9-20(26)23-17-4-6-18(7-5-17)30(27,28)24-21-22-10-13-29-21;1-14(24-12-10-15-4-2-3-5-18(15)24)19(25)22-16-6-8-17(9-7-16)29(26,27)23-20-21-11-13-28-20/h2-8,10-11,13-14H,9,12H2,1H3,(H,22,24)(H,23,26);2-9,11,13-14H,10,12H2,1H3,(H,21,23)(H,22,25). The van der Waals surface area contributed by atoms with Gasteiger partial charge in [0.25, 0.3) is 20.0 Å². The van der Waals surface area contributed by atoms with E-state index < -0.39 is 20.0 Å². The van der Waals surface area contributed by atoms with Crippen molar-refractivity contribution in [1.82, 2.24) is 14.5 Å². The second kappa shape index (κ2) is 17.8. The number of nitrogens with one attached hydrogen (secondary N) is 4. The fourth-order valence-corrected chi connectivity index (χ4v) is 10.00. The Morgan fingerprint density at radius 3 is 1.95 bits per heavy atom. The van der Waals surface area contributed by atoms with E-state index in [0.717, 1.165) is 29.6 Å². The number of benzene rings is 4. The summed E-state index contributed by atoms with van der Waals surface area (Å²) >= 11 is 2.40. The Bertz CT molecular complexity index is 2770. The van der Waals surface area contributed by atoms with Gasteiger partial charge in [0.1, 0.15) is 6.04 Å². The van der Waals surface area contributed by atoms with Crippen molar-refractivity contribution in [1.29, 1.82) is 0 Å². The van der Waals surface area contributed by atoms with Crippen LogP contribution < -0.4 is 25.0 Å². The Hall–Kier alpha value is -6.08. The maximum atomic E-state index is 12.7. The fourth-order valence-electron chi connectivity index (χ4n) is 6.42. The van der Waals surface area contributed by atoms with Crippen LogP contribution in [-0.2, 0) is 42.6 Å². The van der Waals surface area contributed by atoms with E-state index in [2.05, 4.69) is 63.8 Å². The highest BCUT2D eigenvalue weighted by atomic mass is 32.2. The quantitative estimate of drug-likeness (QED) is 0.0908. The van der Waals surface area contributed by atoms with Crippen LogP contribution in [0.5, 0.6) is 0 Å². The molecule has 4 N–H and O–H groups in total. The van der Waals surface area contributed by atoms with Crippen molar-refractivity contribution in [3.63, 3.8) is 0 Å². The summed E-state index contributed by atoms with van der Waals surface area (Å²) in [5.41, 5.74) is 5.69. The predicted molar refractivity (Wildman–Crippen MR) is 234 cm³/mol. The van der Waals surface area contributed by atoms with Crippen LogP contribution in [0.15, 0.2) is 136 Å². The smallest absolute Gasteiger partial charge is 0.263 e. The van der Waals surface area contributed by atoms with Gasteiger partial charge in [0, 0.05) is 71.4 Å². The van der Waals surface area contributed by atoms with Gasteiger partial charge in [0.2, 0.25) is 11.8 Å². The molecule has 0 radical (unpaired) electrons. The number of para-hydroxylation sites is 1. The number of thiazole rings is 2. The van der Waals surface area contributed by atoms with E-state index in [-0.39, 0.29) is 27.6 Å². The van der Waals surface area contributed by atoms with Gasteiger partial charge in [-0.05, 0) is 104 Å². The summed E-state index contributed by atoms with van der Waals surface area (Å²) < 4.78 is 56.4. The number of carbonyl (C=O) groups excluding carboxylic acids is 2. The third kappa shape index (κ3) is 10.1. The molecule has 2 amide bonds. The molecule has 1 aliphatic heterocycles. The molecule has 1 unspecified atom stereocenters. The van der Waals surface area contributed by atoms with Gasteiger partial charge in [-0.3, -0.25) is 19.0 Å². The molecule has 8 rings (SSSR count). The molecule has 0 spiro atoms. The highest BCUT2D eigenvalue weighted by Gasteiger charge is 2.27. The second-order valence-electron chi connectivity index (χ2n) is 13.5. The zero-order chi connectivity index (χ0) is 41.6. The minimum absolute atomic E-state index is 0.102. The summed E-state index contributed by atoms with van der Waals surface area (Å²) in [6.45, 7) is 5.27. The van der Waals surface area contributed by atoms with Crippen LogP contribution in [0.3, 0.4) is 0 Å². The van der Waals surface area contributed by atoms with Crippen LogP contribution in [0.1, 0.15) is 24.5 Å². The zero-order valence-corrected chi connectivity index (χ0v) is 35.2. The predicted octanol–water partition coefficient (Wildman–Crippen LogP) is 7.57. The van der Waals surface area contributed by atoms with Crippen LogP contribution in [0.2, 0.25) is 0 Å². The van der Waals surface area contributed by atoms with Crippen LogP contribution in [0.4, 0.5) is 27.3 Å². The normalized spacial score (nSPS) is 12.9. The highest BCUT2D eigenvalue weighted by Crippen LogP contribution is 2.30.